The molecule has 0 fully saturated rings. The van der Waals surface area contributed by atoms with Crippen LogP contribution in [0, 0.1) is 0 Å². The largest absolute Gasteiger partial charge is 0.490 e. The summed E-state index contributed by atoms with van der Waals surface area (Å²) >= 11 is 18.4. The zero-order chi connectivity index (χ0) is 69.2. The van der Waals surface area contributed by atoms with E-state index in [1.165, 1.54) is 89.2 Å². The molecule has 0 aromatic carbocycles. The summed E-state index contributed by atoms with van der Waals surface area (Å²) in [6.07, 6.45) is 5.47. The molecule has 0 atom stereocenters. The number of ether oxygens (including phenoxy) is 1. The van der Waals surface area contributed by atoms with E-state index in [9.17, 15) is 56.3 Å². The molecular formula is C57H62Cl2F3N15O12S5. The third-order valence-electron chi connectivity index (χ3n) is 12.7. The molecule has 4 amide bonds. The number of hydrogen-bond donors (Lipinski definition) is 8. The lowest BCUT2D eigenvalue weighted by atomic mass is 10.1. The second kappa shape index (κ2) is 34.1. The Morgan fingerprint density at radius 3 is 1.37 bits per heavy atom. The third kappa shape index (κ3) is 21.8. The number of amides is 4. The number of aliphatic carboxylic acids is 1. The van der Waals surface area contributed by atoms with Crippen LogP contribution in [0.3, 0.4) is 0 Å². The zero-order valence-electron chi connectivity index (χ0n) is 51.1. The van der Waals surface area contributed by atoms with Crippen LogP contribution in [0.1, 0.15) is 84.0 Å². The number of carbonyl (C=O) groups is 6. The van der Waals surface area contributed by atoms with Crippen molar-refractivity contribution in [1.82, 2.24) is 70.3 Å². The molecule has 37 heteroatoms. The molecule has 0 aliphatic carbocycles. The van der Waals surface area contributed by atoms with Gasteiger partial charge in [-0.1, -0.05) is 11.6 Å². The van der Waals surface area contributed by atoms with Crippen LogP contribution in [0.5, 0.6) is 0 Å². The number of carboxylic acid groups (broad SMARTS) is 1. The van der Waals surface area contributed by atoms with Gasteiger partial charge in [-0.25, -0.2) is 39.5 Å². The predicted octanol–water partition coefficient (Wildman–Crippen LogP) is 7.74. The standard InChI is InChI=1S/C13H17N3O3S.C11H10ClN3OS.C11H11N3O2S.C10H11N3O2S.C8H9N3OS.C2H3ClO.C2HF3O2/c1-13(2,3)19-12(18)14-5-4-8-6-9-10(17)15-7-16-11(9)20-8;1-6(16)15-3-2-8-7(4-15)9-10(12)13-5-14-11(9)17-8;1-6(15)14-3-2-8-7(4-14)9-10(16)12-5-13-11(9)17-8;1-6(14)11-3-2-7-4-8-9(15)12-5-13-10(8)16-7;9-2-1-5-3-6-7(12)10-4-11-8(6)13-5;1-2(3)4;3-2(4,5)1(6)7/h6-7H,4-5H2,1-3H3,(H,14,18)(H,15,16,17);5H,2-4H2,1H3;5H,2-4H2,1H3,(H,12,13,16);4-5H,2-3H2,1H3,(H,11,14)(H,12,13,15);3-4H,1-2,9H2,(H,10,11,12);1H3;(H,6,7). The van der Waals surface area contributed by atoms with Crippen molar-refractivity contribution in [2.75, 3.05) is 32.7 Å². The smallest absolute Gasteiger partial charge is 0.475 e. The quantitative estimate of drug-likeness (QED) is 0.0532. The first-order valence-corrected chi connectivity index (χ1v) is 32.8. The van der Waals surface area contributed by atoms with E-state index in [1.54, 1.807) is 41.4 Å². The van der Waals surface area contributed by atoms with Gasteiger partial charge >= 0.3 is 18.2 Å². The minimum atomic E-state index is -5.08. The first-order valence-electron chi connectivity index (χ1n) is 28.0. The Morgan fingerprint density at radius 1 is 0.606 bits per heavy atom. The van der Waals surface area contributed by atoms with Crippen molar-refractivity contribution >= 4 is 166 Å². The number of alkyl halides is 3. The summed E-state index contributed by atoms with van der Waals surface area (Å²) in [4.78, 5) is 157. The maximum Gasteiger partial charge on any atom is 0.490 e. The minimum Gasteiger partial charge on any atom is -0.475 e. The molecule has 27 nitrogen and oxygen atoms in total. The molecule has 0 spiro atoms. The number of nitrogens with two attached hydrogens (primary N) is 1. The van der Waals surface area contributed by atoms with Crippen molar-refractivity contribution in [1.29, 1.82) is 0 Å². The van der Waals surface area contributed by atoms with Gasteiger partial charge in [-0.15, -0.1) is 56.7 Å². The lowest BCUT2D eigenvalue weighted by Crippen LogP contribution is -2.33. The summed E-state index contributed by atoms with van der Waals surface area (Å²) in [6, 6.07) is 5.49. The Bertz CT molecular complexity index is 4590. The molecule has 10 aromatic heterocycles. The van der Waals surface area contributed by atoms with Crippen molar-refractivity contribution in [3.63, 3.8) is 0 Å². The van der Waals surface area contributed by atoms with Crippen LogP contribution in [0.25, 0.3) is 51.1 Å². The number of aromatic amines is 4. The summed E-state index contributed by atoms with van der Waals surface area (Å²) in [5.41, 5.74) is 6.56. The number of thiophene rings is 5. The fourth-order valence-electron chi connectivity index (χ4n) is 8.56. The van der Waals surface area contributed by atoms with E-state index in [1.807, 2.05) is 43.9 Å². The number of halogens is 5. The molecule has 9 N–H and O–H groups in total. The fraction of sp³-hybridized carbons (Fsp3) is 0.368. The third-order valence-corrected chi connectivity index (χ3v) is 18.7. The summed E-state index contributed by atoms with van der Waals surface area (Å²) in [5.74, 6) is -2.65. The predicted molar refractivity (Wildman–Crippen MR) is 356 cm³/mol. The van der Waals surface area contributed by atoms with E-state index in [2.05, 4.69) is 72.1 Å². The molecule has 0 saturated heterocycles. The number of fused-ring (bicyclic) bond motifs is 9. The number of carbonyl (C=O) groups excluding carboxylic acids is 5. The molecule has 0 saturated carbocycles. The lowest BCUT2D eigenvalue weighted by molar-refractivity contribution is -0.192. The Morgan fingerprint density at radius 2 is 0.989 bits per heavy atom. The van der Waals surface area contributed by atoms with Gasteiger partial charge in [0.1, 0.15) is 41.2 Å². The van der Waals surface area contributed by atoms with E-state index < -0.39 is 23.8 Å². The molecule has 2 aliphatic heterocycles. The second-order valence-electron chi connectivity index (χ2n) is 20.9. The molecule has 12 heterocycles. The Balaban J connectivity index is 0.000000180. The molecular weight excluding hydrogens is 1370 g/mol. The monoisotopic (exact) mass is 1440 g/mol. The number of rotatable bonds is 8. The molecule has 0 unspecified atom stereocenters. The van der Waals surface area contributed by atoms with Crippen LogP contribution in [0.4, 0.5) is 18.0 Å². The van der Waals surface area contributed by atoms with Crippen molar-refractivity contribution in [2.45, 2.75) is 105 Å². The Labute approximate surface area is 560 Å². The number of alkyl carbamates (subject to hydrolysis) is 1. The van der Waals surface area contributed by atoms with Crippen LogP contribution < -0.4 is 38.6 Å². The van der Waals surface area contributed by atoms with E-state index in [-0.39, 0.29) is 45.2 Å². The molecule has 94 heavy (non-hydrogen) atoms. The maximum absolute atomic E-state index is 11.8. The van der Waals surface area contributed by atoms with E-state index in [0.29, 0.717) is 70.7 Å². The van der Waals surface area contributed by atoms with Crippen LogP contribution in [-0.2, 0) is 73.9 Å². The SMILES string of the molecule is CC(=O)Cl.CC(=O)N1CCc2sc3nc[nH]c(=O)c3c2C1.CC(=O)N1CCc2sc3ncnc(Cl)c3c2C1.CC(=O)NCCc1cc2c(=O)[nH]cnc2s1.CC(C)(C)OC(=O)NCCc1cc2c(=O)[nH]cnc2s1.NCCc1cc2c(=O)[nH]cnc2s1.O=C(O)C(F)(F)F. The van der Waals surface area contributed by atoms with Gasteiger partial charge < -0.3 is 55.9 Å². The molecule has 12 rings (SSSR count). The zero-order valence-corrected chi connectivity index (χ0v) is 56.7. The molecule has 2 aliphatic rings. The van der Waals surface area contributed by atoms with Crippen LogP contribution in [0.2, 0.25) is 5.15 Å². The average molecular weight is 1440 g/mol. The lowest BCUT2D eigenvalue weighted by Gasteiger charge is -2.25. The highest BCUT2D eigenvalue weighted by Crippen LogP contribution is 2.37. The highest BCUT2D eigenvalue weighted by molar-refractivity contribution is 7.20. The average Bonchev–Trinajstić information content (AvgIpc) is 1.63. The van der Waals surface area contributed by atoms with Crippen molar-refractivity contribution < 1.29 is 51.8 Å². The van der Waals surface area contributed by atoms with Crippen molar-refractivity contribution in [3.05, 3.63) is 132 Å². The molecule has 502 valence electrons. The summed E-state index contributed by atoms with van der Waals surface area (Å²) in [5, 5.41) is 16.1. The molecule has 0 bridgehead atoms. The number of aromatic nitrogens is 10. The first-order chi connectivity index (χ1) is 44.3. The van der Waals surface area contributed by atoms with Gasteiger partial charge in [0, 0.05) is 96.9 Å². The van der Waals surface area contributed by atoms with Gasteiger partial charge in [0.25, 0.3) is 22.2 Å². The van der Waals surface area contributed by atoms with Gasteiger partial charge in [0.15, 0.2) is 0 Å². The van der Waals surface area contributed by atoms with Gasteiger partial charge in [0.05, 0.1) is 52.2 Å². The van der Waals surface area contributed by atoms with E-state index in [4.69, 9.17) is 32.0 Å². The summed E-state index contributed by atoms with van der Waals surface area (Å²) in [7, 11) is 0. The summed E-state index contributed by atoms with van der Waals surface area (Å²) < 4.78 is 36.9. The van der Waals surface area contributed by atoms with Crippen molar-refractivity contribution in [3.8, 4) is 0 Å². The van der Waals surface area contributed by atoms with Gasteiger partial charge in [-0.05, 0) is 94.8 Å². The highest BCUT2D eigenvalue weighted by atomic mass is 35.5. The maximum atomic E-state index is 11.8. The van der Waals surface area contributed by atoms with Crippen LogP contribution >= 0.6 is 79.9 Å². The first kappa shape index (κ1) is 74.6. The van der Waals surface area contributed by atoms with E-state index >= 15 is 0 Å². The van der Waals surface area contributed by atoms with Gasteiger partial charge in [0.2, 0.25) is 23.0 Å². The Kier molecular flexibility index (Phi) is 27.1. The number of carboxylic acids is 1. The highest BCUT2D eigenvalue weighted by Gasteiger charge is 2.38. The fourth-order valence-corrected chi connectivity index (χ4v) is 14.1. The van der Waals surface area contributed by atoms with Crippen LogP contribution in [0.15, 0.2) is 69.0 Å². The van der Waals surface area contributed by atoms with Gasteiger partial charge in [-0.2, -0.15) is 13.2 Å². The topological polar surface area (TPSA) is 397 Å². The van der Waals surface area contributed by atoms with Gasteiger partial charge in [-0.3, -0.25) is 38.4 Å². The second-order valence-corrected chi connectivity index (χ2v) is 27.3. The minimum absolute atomic E-state index is 0.0444. The normalized spacial score (nSPS) is 12.3. The van der Waals surface area contributed by atoms with Crippen LogP contribution in [-0.4, -0.2) is 144 Å². The number of nitrogens with one attached hydrogen (secondary N) is 6. The summed E-state index contributed by atoms with van der Waals surface area (Å²) in [6.45, 7) is 15.7. The molecule has 0 radical (unpaired) electrons. The number of H-pyrrole nitrogens is 4. The van der Waals surface area contributed by atoms with E-state index in [0.717, 1.165) is 89.2 Å². The molecule has 10 aromatic rings. The number of nitrogens with zero attached hydrogens (tertiary/aromatic N) is 8. The van der Waals surface area contributed by atoms with Crippen molar-refractivity contribution in [2.24, 2.45) is 5.73 Å². The Hall–Kier alpha value is -8.45. The number of hydrogen-bond acceptors (Lipinski definition) is 23.